The van der Waals surface area contributed by atoms with E-state index in [1.165, 1.54) is 0 Å². The Morgan fingerprint density at radius 1 is 1.40 bits per heavy atom. The number of benzene rings is 1. The molecular formula is C12H15ClN2. The van der Waals surface area contributed by atoms with Gasteiger partial charge in [0.15, 0.2) is 0 Å². The zero-order valence-corrected chi connectivity index (χ0v) is 9.88. The van der Waals surface area contributed by atoms with Crippen LogP contribution in [0.3, 0.4) is 0 Å². The number of rotatable bonds is 4. The molecule has 0 spiro atoms. The van der Waals surface area contributed by atoms with Crippen molar-refractivity contribution < 1.29 is 0 Å². The monoisotopic (exact) mass is 222 g/mol. The Hall–Kier alpha value is -1.20. The first-order chi connectivity index (χ1) is 7.22. The highest BCUT2D eigenvalue weighted by molar-refractivity contribution is 6.30. The van der Waals surface area contributed by atoms with Crippen molar-refractivity contribution in [3.8, 4) is 6.07 Å². The summed E-state index contributed by atoms with van der Waals surface area (Å²) in [6, 6.07) is 7.58. The Kier molecular flexibility index (Phi) is 4.45. The number of anilines is 1. The molecule has 0 unspecified atom stereocenters. The average Bonchev–Trinajstić information content (AvgIpc) is 2.26. The van der Waals surface area contributed by atoms with E-state index in [0.717, 1.165) is 25.2 Å². The first-order valence-electron chi connectivity index (χ1n) is 5.17. The normalized spacial score (nSPS) is 9.73. The van der Waals surface area contributed by atoms with Gasteiger partial charge in [0, 0.05) is 18.1 Å². The second-order valence-electron chi connectivity index (χ2n) is 3.35. The molecule has 0 aliphatic carbocycles. The van der Waals surface area contributed by atoms with Gasteiger partial charge in [0.2, 0.25) is 0 Å². The summed E-state index contributed by atoms with van der Waals surface area (Å²) in [7, 11) is 0. The molecule has 0 saturated heterocycles. The van der Waals surface area contributed by atoms with Crippen LogP contribution >= 0.6 is 11.6 Å². The van der Waals surface area contributed by atoms with E-state index >= 15 is 0 Å². The van der Waals surface area contributed by atoms with Gasteiger partial charge in [0.25, 0.3) is 0 Å². The molecule has 0 N–H and O–H groups in total. The minimum absolute atomic E-state index is 0.679. The minimum atomic E-state index is 0.679. The smallest absolute Gasteiger partial charge is 0.101 e. The standard InChI is InChI=1S/C12H15ClN2/c1-3-7-15(4-2)12-8-11(13)6-5-10(12)9-14/h5-6,8H,3-4,7H2,1-2H3. The fraction of sp³-hybridized carbons (Fsp3) is 0.417. The quantitative estimate of drug-likeness (QED) is 0.780. The maximum Gasteiger partial charge on any atom is 0.101 e. The summed E-state index contributed by atoms with van der Waals surface area (Å²) in [5, 5.41) is 9.68. The largest absolute Gasteiger partial charge is 0.371 e. The lowest BCUT2D eigenvalue weighted by Gasteiger charge is -2.23. The van der Waals surface area contributed by atoms with Crippen LogP contribution in [-0.2, 0) is 0 Å². The SMILES string of the molecule is CCCN(CC)c1cc(Cl)ccc1C#N. The molecule has 0 saturated carbocycles. The Morgan fingerprint density at radius 3 is 2.67 bits per heavy atom. The van der Waals surface area contributed by atoms with E-state index in [-0.39, 0.29) is 0 Å². The minimum Gasteiger partial charge on any atom is -0.371 e. The molecule has 0 amide bonds. The molecule has 0 aromatic heterocycles. The van der Waals surface area contributed by atoms with Gasteiger partial charge in [-0.1, -0.05) is 18.5 Å². The molecule has 3 heteroatoms. The third-order valence-electron chi connectivity index (χ3n) is 2.30. The molecule has 0 heterocycles. The summed E-state index contributed by atoms with van der Waals surface area (Å²) in [6.45, 7) is 6.05. The summed E-state index contributed by atoms with van der Waals surface area (Å²) >= 11 is 5.94. The number of hydrogen-bond acceptors (Lipinski definition) is 2. The highest BCUT2D eigenvalue weighted by atomic mass is 35.5. The Morgan fingerprint density at radius 2 is 2.13 bits per heavy atom. The first-order valence-corrected chi connectivity index (χ1v) is 5.55. The average molecular weight is 223 g/mol. The van der Waals surface area contributed by atoms with Crippen molar-refractivity contribution in [1.29, 1.82) is 5.26 Å². The van der Waals surface area contributed by atoms with E-state index in [1.54, 1.807) is 12.1 Å². The molecule has 1 aromatic carbocycles. The molecule has 0 fully saturated rings. The maximum absolute atomic E-state index is 9.00. The molecule has 80 valence electrons. The van der Waals surface area contributed by atoms with Gasteiger partial charge in [0.1, 0.15) is 6.07 Å². The second kappa shape index (κ2) is 5.63. The van der Waals surface area contributed by atoms with Crippen LogP contribution in [0.2, 0.25) is 5.02 Å². The van der Waals surface area contributed by atoms with Crippen LogP contribution in [0.4, 0.5) is 5.69 Å². The second-order valence-corrected chi connectivity index (χ2v) is 3.79. The van der Waals surface area contributed by atoms with E-state index in [2.05, 4.69) is 24.8 Å². The predicted molar refractivity (Wildman–Crippen MR) is 64.3 cm³/mol. The van der Waals surface area contributed by atoms with Gasteiger partial charge in [0.05, 0.1) is 11.3 Å². The Balaban J connectivity index is 3.09. The lowest BCUT2D eigenvalue weighted by Crippen LogP contribution is -2.24. The summed E-state index contributed by atoms with van der Waals surface area (Å²) < 4.78 is 0. The van der Waals surface area contributed by atoms with E-state index in [1.807, 2.05) is 6.07 Å². The van der Waals surface area contributed by atoms with Gasteiger partial charge < -0.3 is 4.90 Å². The van der Waals surface area contributed by atoms with E-state index in [9.17, 15) is 0 Å². The van der Waals surface area contributed by atoms with Gasteiger partial charge in [-0.05, 0) is 31.5 Å². The molecule has 0 bridgehead atoms. The third kappa shape index (κ3) is 2.87. The zero-order valence-electron chi connectivity index (χ0n) is 9.13. The van der Waals surface area contributed by atoms with Crippen molar-refractivity contribution >= 4 is 17.3 Å². The van der Waals surface area contributed by atoms with Crippen LogP contribution in [0.15, 0.2) is 18.2 Å². The van der Waals surface area contributed by atoms with Crippen molar-refractivity contribution in [3.05, 3.63) is 28.8 Å². The Bertz CT molecular complexity index is 368. The summed E-state index contributed by atoms with van der Waals surface area (Å²) in [5.74, 6) is 0. The van der Waals surface area contributed by atoms with Gasteiger partial charge >= 0.3 is 0 Å². The van der Waals surface area contributed by atoms with Crippen LogP contribution < -0.4 is 4.90 Å². The van der Waals surface area contributed by atoms with Crippen molar-refractivity contribution in [2.75, 3.05) is 18.0 Å². The van der Waals surface area contributed by atoms with Crippen LogP contribution in [-0.4, -0.2) is 13.1 Å². The number of halogens is 1. The van der Waals surface area contributed by atoms with E-state index < -0.39 is 0 Å². The maximum atomic E-state index is 9.00. The van der Waals surface area contributed by atoms with Crippen molar-refractivity contribution in [2.45, 2.75) is 20.3 Å². The number of hydrogen-bond donors (Lipinski definition) is 0. The molecule has 0 aliphatic heterocycles. The lowest BCUT2D eigenvalue weighted by molar-refractivity contribution is 0.791. The van der Waals surface area contributed by atoms with Gasteiger partial charge in [-0.25, -0.2) is 0 Å². The van der Waals surface area contributed by atoms with Gasteiger partial charge in [-0.3, -0.25) is 0 Å². The summed E-state index contributed by atoms with van der Waals surface area (Å²) in [6.07, 6.45) is 1.06. The topological polar surface area (TPSA) is 27.0 Å². The van der Waals surface area contributed by atoms with Crippen LogP contribution in [0.5, 0.6) is 0 Å². The fourth-order valence-corrected chi connectivity index (χ4v) is 1.75. The number of nitrogens with zero attached hydrogens (tertiary/aromatic N) is 2. The van der Waals surface area contributed by atoms with Gasteiger partial charge in [-0.2, -0.15) is 5.26 Å². The molecule has 15 heavy (non-hydrogen) atoms. The van der Waals surface area contributed by atoms with Crippen LogP contribution in [0.1, 0.15) is 25.8 Å². The first kappa shape index (κ1) is 11.9. The van der Waals surface area contributed by atoms with Crippen molar-refractivity contribution in [1.82, 2.24) is 0 Å². The molecule has 0 radical (unpaired) electrons. The molecule has 0 atom stereocenters. The highest BCUT2D eigenvalue weighted by Crippen LogP contribution is 2.24. The van der Waals surface area contributed by atoms with E-state index in [4.69, 9.17) is 16.9 Å². The fourth-order valence-electron chi connectivity index (χ4n) is 1.58. The predicted octanol–water partition coefficient (Wildman–Crippen LogP) is 3.45. The molecular weight excluding hydrogens is 208 g/mol. The molecule has 1 rings (SSSR count). The van der Waals surface area contributed by atoms with Gasteiger partial charge in [-0.15, -0.1) is 0 Å². The molecule has 0 aliphatic rings. The van der Waals surface area contributed by atoms with Crippen LogP contribution in [0.25, 0.3) is 0 Å². The number of nitriles is 1. The van der Waals surface area contributed by atoms with Crippen molar-refractivity contribution in [2.24, 2.45) is 0 Å². The zero-order chi connectivity index (χ0) is 11.3. The molecule has 2 nitrogen and oxygen atoms in total. The third-order valence-corrected chi connectivity index (χ3v) is 2.53. The lowest BCUT2D eigenvalue weighted by atomic mass is 10.1. The van der Waals surface area contributed by atoms with E-state index in [0.29, 0.717) is 10.6 Å². The summed E-state index contributed by atoms with van der Waals surface area (Å²) in [4.78, 5) is 2.17. The Labute approximate surface area is 96.1 Å². The molecule has 1 aromatic rings. The van der Waals surface area contributed by atoms with Crippen LogP contribution in [0, 0.1) is 11.3 Å². The van der Waals surface area contributed by atoms with Crippen molar-refractivity contribution in [3.63, 3.8) is 0 Å². The summed E-state index contributed by atoms with van der Waals surface area (Å²) in [5.41, 5.74) is 1.63. The highest BCUT2D eigenvalue weighted by Gasteiger charge is 2.09.